The summed E-state index contributed by atoms with van der Waals surface area (Å²) in [6.07, 6.45) is 2.84. The van der Waals surface area contributed by atoms with Gasteiger partial charge in [-0.25, -0.2) is 4.79 Å². The standard InChI is InChI=1S/C26H29N3O3/c30-24-16-32-23-11-14-29(15-22(23)27-24)26(31)28-12-9-17(10-13-28)25-20-7-3-1-5-18(20)19-6-2-4-8-21(19)25/h1-8,17,22-23,25H,9-16H2,(H,27,30)/t22?,23-/m0/s1. The maximum absolute atomic E-state index is 13.2. The summed E-state index contributed by atoms with van der Waals surface area (Å²) in [4.78, 5) is 28.8. The number of amides is 3. The number of hydrogen-bond donors (Lipinski definition) is 1. The van der Waals surface area contributed by atoms with Crippen LogP contribution in [0.3, 0.4) is 0 Å². The fourth-order valence-corrected chi connectivity index (χ4v) is 6.20. The van der Waals surface area contributed by atoms with Gasteiger partial charge in [-0.2, -0.15) is 0 Å². The Morgan fingerprint density at radius 3 is 2.19 bits per heavy atom. The Morgan fingerprint density at radius 2 is 1.50 bits per heavy atom. The largest absolute Gasteiger partial charge is 0.366 e. The topological polar surface area (TPSA) is 61.9 Å². The number of benzene rings is 2. The van der Waals surface area contributed by atoms with Crippen LogP contribution in [0.15, 0.2) is 48.5 Å². The molecule has 1 unspecified atom stereocenters. The smallest absolute Gasteiger partial charge is 0.320 e. The normalized spacial score (nSPS) is 25.7. The van der Waals surface area contributed by atoms with Crippen LogP contribution in [0.2, 0.25) is 0 Å². The second-order valence-electron chi connectivity index (χ2n) is 9.52. The zero-order chi connectivity index (χ0) is 21.7. The lowest BCUT2D eigenvalue weighted by molar-refractivity contribution is -0.139. The lowest BCUT2D eigenvalue weighted by atomic mass is 9.78. The summed E-state index contributed by atoms with van der Waals surface area (Å²) in [5.41, 5.74) is 5.61. The van der Waals surface area contributed by atoms with E-state index in [9.17, 15) is 9.59 Å². The highest BCUT2D eigenvalue weighted by Crippen LogP contribution is 2.50. The number of ether oxygens (including phenoxy) is 1. The molecule has 0 saturated carbocycles. The number of carbonyl (C=O) groups excluding carboxylic acids is 2. The Kier molecular flexibility index (Phi) is 4.90. The van der Waals surface area contributed by atoms with Crippen molar-refractivity contribution in [2.75, 3.05) is 32.8 Å². The van der Waals surface area contributed by atoms with Gasteiger partial charge in [0.05, 0.1) is 12.1 Å². The van der Waals surface area contributed by atoms with E-state index in [-0.39, 0.29) is 30.7 Å². The molecule has 2 atom stereocenters. The van der Waals surface area contributed by atoms with Crippen LogP contribution in [0.4, 0.5) is 4.79 Å². The van der Waals surface area contributed by atoms with Crippen LogP contribution in [0.1, 0.15) is 36.3 Å². The molecule has 6 nitrogen and oxygen atoms in total. The van der Waals surface area contributed by atoms with E-state index in [4.69, 9.17) is 4.74 Å². The average Bonchev–Trinajstić information content (AvgIpc) is 3.18. The van der Waals surface area contributed by atoms with Crippen LogP contribution in [0.5, 0.6) is 0 Å². The summed E-state index contributed by atoms with van der Waals surface area (Å²) in [6.45, 7) is 2.95. The quantitative estimate of drug-likeness (QED) is 0.754. The summed E-state index contributed by atoms with van der Waals surface area (Å²) < 4.78 is 5.63. The molecule has 0 radical (unpaired) electrons. The van der Waals surface area contributed by atoms with Crippen LogP contribution in [-0.4, -0.2) is 66.7 Å². The highest BCUT2D eigenvalue weighted by Gasteiger charge is 2.40. The van der Waals surface area contributed by atoms with Crippen LogP contribution in [0, 0.1) is 5.92 Å². The highest BCUT2D eigenvalue weighted by molar-refractivity contribution is 5.80. The maximum atomic E-state index is 13.2. The van der Waals surface area contributed by atoms with Gasteiger partial charge in [-0.05, 0) is 47.4 Å². The summed E-state index contributed by atoms with van der Waals surface area (Å²) >= 11 is 0. The molecule has 0 spiro atoms. The summed E-state index contributed by atoms with van der Waals surface area (Å²) in [7, 11) is 0. The molecule has 6 heteroatoms. The molecule has 2 aromatic rings. The minimum Gasteiger partial charge on any atom is -0.366 e. The number of morpholine rings is 1. The van der Waals surface area contributed by atoms with Crippen LogP contribution in [-0.2, 0) is 9.53 Å². The van der Waals surface area contributed by atoms with E-state index in [1.807, 2.05) is 9.80 Å². The number of fused-ring (bicyclic) bond motifs is 4. The highest BCUT2D eigenvalue weighted by atomic mass is 16.5. The Bertz CT molecular complexity index is 1000. The number of rotatable bonds is 1. The first-order valence-corrected chi connectivity index (χ1v) is 11.8. The zero-order valence-electron chi connectivity index (χ0n) is 18.2. The molecule has 0 aromatic heterocycles. The predicted molar refractivity (Wildman–Crippen MR) is 121 cm³/mol. The lowest BCUT2D eigenvalue weighted by Gasteiger charge is -2.44. The van der Waals surface area contributed by atoms with Crippen LogP contribution in [0.25, 0.3) is 11.1 Å². The summed E-state index contributed by atoms with van der Waals surface area (Å²) in [6, 6.07) is 17.6. The van der Waals surface area contributed by atoms with Gasteiger partial charge in [0, 0.05) is 32.1 Å². The number of urea groups is 1. The van der Waals surface area contributed by atoms with Gasteiger partial charge in [0.15, 0.2) is 0 Å². The first-order chi connectivity index (χ1) is 15.7. The Labute approximate surface area is 188 Å². The van der Waals surface area contributed by atoms with Gasteiger partial charge < -0.3 is 19.9 Å². The van der Waals surface area contributed by atoms with Gasteiger partial charge in [0.1, 0.15) is 6.61 Å². The monoisotopic (exact) mass is 431 g/mol. The Hall–Kier alpha value is -2.86. The predicted octanol–water partition coefficient (Wildman–Crippen LogP) is 3.22. The number of nitrogens with one attached hydrogen (secondary N) is 1. The van der Waals surface area contributed by atoms with Crippen molar-refractivity contribution in [1.29, 1.82) is 0 Å². The molecular formula is C26H29N3O3. The summed E-state index contributed by atoms with van der Waals surface area (Å²) in [5.74, 6) is 0.879. The van der Waals surface area contributed by atoms with Gasteiger partial charge in [-0.1, -0.05) is 48.5 Å². The SMILES string of the molecule is O=C1CO[C@H]2CCN(C(=O)N3CCC(C4c5ccccc5-c5ccccc54)CC3)CC2N1. The fraction of sp³-hybridized carbons (Fsp3) is 0.462. The first kappa shape index (κ1) is 19.8. The molecule has 6 rings (SSSR count). The number of carbonyl (C=O) groups is 2. The molecule has 3 aliphatic heterocycles. The van der Waals surface area contributed by atoms with Crippen LogP contribution >= 0.6 is 0 Å². The molecule has 3 saturated heterocycles. The van der Waals surface area contributed by atoms with Gasteiger partial charge in [0.25, 0.3) is 0 Å². The van der Waals surface area contributed by atoms with Gasteiger partial charge in [-0.15, -0.1) is 0 Å². The van der Waals surface area contributed by atoms with Crippen molar-refractivity contribution in [2.24, 2.45) is 5.92 Å². The van der Waals surface area contributed by atoms with Crippen molar-refractivity contribution in [3.8, 4) is 11.1 Å². The molecule has 1 N–H and O–H groups in total. The van der Waals surface area contributed by atoms with E-state index in [2.05, 4.69) is 53.8 Å². The Morgan fingerprint density at radius 1 is 0.875 bits per heavy atom. The minimum atomic E-state index is -0.0852. The molecule has 3 heterocycles. The van der Waals surface area contributed by atoms with E-state index in [0.717, 1.165) is 32.4 Å². The number of piperidine rings is 2. The van der Waals surface area contributed by atoms with Crippen molar-refractivity contribution >= 4 is 11.9 Å². The van der Waals surface area contributed by atoms with E-state index in [0.29, 0.717) is 24.9 Å². The molecular weight excluding hydrogens is 402 g/mol. The molecule has 2 aromatic carbocycles. The second kappa shape index (κ2) is 7.93. The Balaban J connectivity index is 1.13. The third-order valence-corrected chi connectivity index (χ3v) is 7.76. The van der Waals surface area contributed by atoms with Crippen molar-refractivity contribution in [1.82, 2.24) is 15.1 Å². The molecule has 166 valence electrons. The van der Waals surface area contributed by atoms with Crippen LogP contribution < -0.4 is 5.32 Å². The van der Waals surface area contributed by atoms with Gasteiger partial charge in [0.2, 0.25) is 5.91 Å². The molecule has 4 aliphatic rings. The van der Waals surface area contributed by atoms with E-state index < -0.39 is 0 Å². The number of hydrogen-bond acceptors (Lipinski definition) is 3. The van der Waals surface area contributed by atoms with E-state index in [1.165, 1.54) is 22.3 Å². The van der Waals surface area contributed by atoms with Crippen molar-refractivity contribution in [2.45, 2.75) is 37.3 Å². The lowest BCUT2D eigenvalue weighted by Crippen LogP contribution is -2.62. The zero-order valence-corrected chi connectivity index (χ0v) is 18.2. The molecule has 32 heavy (non-hydrogen) atoms. The number of likely N-dealkylation sites (tertiary alicyclic amines) is 2. The molecule has 3 amide bonds. The maximum Gasteiger partial charge on any atom is 0.320 e. The van der Waals surface area contributed by atoms with Crippen molar-refractivity contribution in [3.63, 3.8) is 0 Å². The molecule has 0 bridgehead atoms. The third-order valence-electron chi connectivity index (χ3n) is 7.76. The number of nitrogens with zero attached hydrogens (tertiary/aromatic N) is 2. The third kappa shape index (κ3) is 3.28. The van der Waals surface area contributed by atoms with E-state index >= 15 is 0 Å². The average molecular weight is 432 g/mol. The van der Waals surface area contributed by atoms with Gasteiger partial charge >= 0.3 is 6.03 Å². The second-order valence-corrected chi connectivity index (χ2v) is 9.52. The first-order valence-electron chi connectivity index (χ1n) is 11.8. The summed E-state index contributed by atoms with van der Waals surface area (Å²) in [5, 5.41) is 2.99. The van der Waals surface area contributed by atoms with Gasteiger partial charge in [-0.3, -0.25) is 4.79 Å². The molecule has 3 fully saturated rings. The fourth-order valence-electron chi connectivity index (χ4n) is 6.20. The minimum absolute atomic E-state index is 0.0324. The molecule has 1 aliphatic carbocycles. The van der Waals surface area contributed by atoms with Crippen molar-refractivity contribution < 1.29 is 14.3 Å². The van der Waals surface area contributed by atoms with E-state index in [1.54, 1.807) is 0 Å². The van der Waals surface area contributed by atoms with Crippen molar-refractivity contribution in [3.05, 3.63) is 59.7 Å².